The van der Waals surface area contributed by atoms with E-state index >= 15 is 0 Å². The van der Waals surface area contributed by atoms with Crippen LogP contribution in [0.3, 0.4) is 0 Å². The maximum absolute atomic E-state index is 5.67. The Morgan fingerprint density at radius 3 is 2.04 bits per heavy atom. The molecule has 0 aromatic heterocycles. The molecule has 1 aromatic carbocycles. The first-order valence-electron chi connectivity index (χ1n) is 8.38. The summed E-state index contributed by atoms with van der Waals surface area (Å²) in [5.41, 5.74) is 5.66. The van der Waals surface area contributed by atoms with Crippen LogP contribution in [0.2, 0.25) is 0 Å². The van der Waals surface area contributed by atoms with Gasteiger partial charge in [0.05, 0.1) is 0 Å². The Morgan fingerprint density at radius 1 is 1.09 bits per heavy atom. The molecule has 0 amide bonds. The third-order valence-corrected chi connectivity index (χ3v) is 4.41. The molecule has 0 spiro atoms. The van der Waals surface area contributed by atoms with Crippen molar-refractivity contribution in [1.82, 2.24) is 0 Å². The van der Waals surface area contributed by atoms with Crippen LogP contribution in [0.25, 0.3) is 0 Å². The zero-order valence-corrected chi connectivity index (χ0v) is 15.9. The van der Waals surface area contributed by atoms with E-state index in [-0.39, 0.29) is 16.9 Å². The Bertz CT molecular complexity index is 568. The largest absolute Gasteiger partial charge is 0.477 e. The molecule has 1 heterocycles. The van der Waals surface area contributed by atoms with Gasteiger partial charge in [-0.05, 0) is 40.0 Å². The van der Waals surface area contributed by atoms with Gasteiger partial charge in [-0.25, -0.2) is 4.99 Å². The summed E-state index contributed by atoms with van der Waals surface area (Å²) in [5.74, 6) is 0.702. The third kappa shape index (κ3) is 3.95. The van der Waals surface area contributed by atoms with Gasteiger partial charge in [-0.2, -0.15) is 0 Å². The van der Waals surface area contributed by atoms with Gasteiger partial charge < -0.3 is 9.47 Å². The van der Waals surface area contributed by atoms with Gasteiger partial charge in [0.2, 0.25) is 5.90 Å². The van der Waals surface area contributed by atoms with Crippen molar-refractivity contribution in [2.75, 3.05) is 20.3 Å². The fraction of sp³-hybridized carbons (Fsp3) is 0.650. The van der Waals surface area contributed by atoms with Crippen molar-refractivity contribution in [2.24, 2.45) is 4.99 Å². The molecule has 23 heavy (non-hydrogen) atoms. The van der Waals surface area contributed by atoms with Gasteiger partial charge in [0.25, 0.3) is 0 Å². The first kappa shape index (κ1) is 18.0. The van der Waals surface area contributed by atoms with Crippen molar-refractivity contribution in [3.8, 4) is 0 Å². The number of hydrogen-bond acceptors (Lipinski definition) is 3. The van der Waals surface area contributed by atoms with Crippen LogP contribution < -0.4 is 0 Å². The zero-order valence-electron chi connectivity index (χ0n) is 15.9. The van der Waals surface area contributed by atoms with Gasteiger partial charge in [-0.15, -0.1) is 0 Å². The van der Waals surface area contributed by atoms with E-state index in [0.717, 1.165) is 0 Å². The van der Waals surface area contributed by atoms with Crippen molar-refractivity contribution >= 4 is 5.90 Å². The van der Waals surface area contributed by atoms with Gasteiger partial charge in [0, 0.05) is 7.11 Å². The average Bonchev–Trinajstić information content (AvgIpc) is 2.85. The topological polar surface area (TPSA) is 30.8 Å². The van der Waals surface area contributed by atoms with Crippen LogP contribution >= 0.6 is 0 Å². The maximum Gasteiger partial charge on any atom is 0.210 e. The van der Waals surface area contributed by atoms with Crippen LogP contribution in [0.1, 0.15) is 69.8 Å². The monoisotopic (exact) mass is 317 g/mol. The van der Waals surface area contributed by atoms with Gasteiger partial charge in [0.1, 0.15) is 19.3 Å². The first-order valence-corrected chi connectivity index (χ1v) is 8.38. The molecule has 1 aliphatic rings. The van der Waals surface area contributed by atoms with E-state index in [0.29, 0.717) is 19.1 Å². The third-order valence-electron chi connectivity index (χ3n) is 4.41. The molecule has 1 unspecified atom stereocenters. The number of methoxy groups -OCH3 is 1. The molecule has 1 aromatic rings. The number of benzene rings is 1. The molecule has 128 valence electrons. The lowest BCUT2D eigenvalue weighted by Crippen LogP contribution is -2.20. The second kappa shape index (κ2) is 6.27. The highest BCUT2D eigenvalue weighted by Crippen LogP contribution is 2.37. The minimum Gasteiger partial charge on any atom is -0.477 e. The summed E-state index contributed by atoms with van der Waals surface area (Å²) in [6.07, 6.45) is 0. The molecule has 2 rings (SSSR count). The lowest BCUT2D eigenvalue weighted by Gasteiger charge is -2.30. The standard InChI is InChI=1S/C20H31NO2/c1-13-15(19(2,3)4)9-14(10-16(13)20(5,6)7)17-11-23-18(21-17)12-22-8/h9-10,17H,11-12H2,1-8H3. The van der Waals surface area contributed by atoms with Crippen LogP contribution in [-0.4, -0.2) is 26.2 Å². The fourth-order valence-corrected chi connectivity index (χ4v) is 3.28. The Labute approximate surface area is 141 Å². The summed E-state index contributed by atoms with van der Waals surface area (Å²) in [6.45, 7) is 16.9. The molecule has 1 atom stereocenters. The van der Waals surface area contributed by atoms with E-state index in [1.54, 1.807) is 7.11 Å². The van der Waals surface area contributed by atoms with E-state index in [2.05, 4.69) is 60.6 Å². The van der Waals surface area contributed by atoms with Crippen LogP contribution in [0.5, 0.6) is 0 Å². The molecule has 0 bridgehead atoms. The van der Waals surface area contributed by atoms with Crippen molar-refractivity contribution in [2.45, 2.75) is 65.3 Å². The number of rotatable bonds is 3. The minimum atomic E-state index is 0.0722. The van der Waals surface area contributed by atoms with E-state index in [4.69, 9.17) is 14.5 Å². The zero-order chi connectivity index (χ0) is 17.4. The second-order valence-electron chi connectivity index (χ2n) is 8.52. The molecular formula is C20H31NO2. The van der Waals surface area contributed by atoms with E-state index in [1.807, 2.05) is 0 Å². The molecule has 0 radical (unpaired) electrons. The molecule has 1 aliphatic heterocycles. The lowest BCUT2D eigenvalue weighted by molar-refractivity contribution is 0.212. The summed E-state index contributed by atoms with van der Waals surface area (Å²) in [5, 5.41) is 0. The van der Waals surface area contributed by atoms with Gasteiger partial charge >= 0.3 is 0 Å². The first-order chi connectivity index (χ1) is 10.5. The fourth-order valence-electron chi connectivity index (χ4n) is 3.28. The summed E-state index contributed by atoms with van der Waals surface area (Å²) in [6, 6.07) is 4.71. The Hall–Kier alpha value is -1.35. The highest BCUT2D eigenvalue weighted by Gasteiger charge is 2.28. The molecule has 0 saturated carbocycles. The van der Waals surface area contributed by atoms with Crippen molar-refractivity contribution in [3.63, 3.8) is 0 Å². The summed E-state index contributed by atoms with van der Waals surface area (Å²) in [7, 11) is 1.67. The smallest absolute Gasteiger partial charge is 0.210 e. The van der Waals surface area contributed by atoms with Crippen LogP contribution in [0.15, 0.2) is 17.1 Å². The second-order valence-corrected chi connectivity index (χ2v) is 8.52. The highest BCUT2D eigenvalue weighted by atomic mass is 16.5. The van der Waals surface area contributed by atoms with Crippen LogP contribution in [0, 0.1) is 6.92 Å². The van der Waals surface area contributed by atoms with E-state index in [1.165, 1.54) is 22.3 Å². The number of hydrogen-bond donors (Lipinski definition) is 0. The van der Waals surface area contributed by atoms with E-state index < -0.39 is 0 Å². The average molecular weight is 317 g/mol. The summed E-state index contributed by atoms with van der Waals surface area (Å²) < 4.78 is 10.8. The van der Waals surface area contributed by atoms with Gasteiger partial charge in [-0.3, -0.25) is 0 Å². The SMILES string of the molecule is COCC1=NC(c2cc(C(C)(C)C)c(C)c(C(C)(C)C)c2)CO1. The summed E-state index contributed by atoms with van der Waals surface area (Å²) >= 11 is 0. The predicted molar refractivity (Wildman–Crippen MR) is 96.6 cm³/mol. The molecule has 0 N–H and O–H groups in total. The van der Waals surface area contributed by atoms with Crippen molar-refractivity contribution in [1.29, 1.82) is 0 Å². The molecule has 3 heteroatoms. The Kier molecular flexibility index (Phi) is 4.91. The highest BCUT2D eigenvalue weighted by molar-refractivity contribution is 5.79. The Morgan fingerprint density at radius 2 is 1.61 bits per heavy atom. The molecule has 3 nitrogen and oxygen atoms in total. The number of aliphatic imine (C=N–C) groups is 1. The minimum absolute atomic E-state index is 0.0722. The molecule has 0 saturated heterocycles. The number of ether oxygens (including phenoxy) is 2. The van der Waals surface area contributed by atoms with Crippen molar-refractivity contribution in [3.05, 3.63) is 34.4 Å². The maximum atomic E-state index is 5.67. The van der Waals surface area contributed by atoms with Crippen molar-refractivity contribution < 1.29 is 9.47 Å². The van der Waals surface area contributed by atoms with E-state index in [9.17, 15) is 0 Å². The predicted octanol–water partition coefficient (Wildman–Crippen LogP) is 4.71. The van der Waals surface area contributed by atoms with Gasteiger partial charge in [0.15, 0.2) is 0 Å². The summed E-state index contributed by atoms with van der Waals surface area (Å²) in [4.78, 5) is 4.69. The molecule has 0 aliphatic carbocycles. The normalized spacial score (nSPS) is 18.8. The number of nitrogens with zero attached hydrogens (tertiary/aromatic N) is 1. The quantitative estimate of drug-likeness (QED) is 0.808. The van der Waals surface area contributed by atoms with Crippen LogP contribution in [0.4, 0.5) is 0 Å². The van der Waals surface area contributed by atoms with Gasteiger partial charge in [-0.1, -0.05) is 53.7 Å². The lowest BCUT2D eigenvalue weighted by atomic mass is 9.75. The Balaban J connectivity index is 2.53. The molecule has 0 fully saturated rings. The van der Waals surface area contributed by atoms with Crippen LogP contribution in [-0.2, 0) is 20.3 Å². The molecular weight excluding hydrogens is 286 g/mol.